The van der Waals surface area contributed by atoms with Crippen LogP contribution in [0, 0.1) is 5.92 Å². The molecule has 0 aliphatic heterocycles. The fourth-order valence-corrected chi connectivity index (χ4v) is 1.25. The minimum atomic E-state index is 0.184. The fraction of sp³-hybridized carbons (Fsp3) is 0.909. The third-order valence-electron chi connectivity index (χ3n) is 2.11. The van der Waals surface area contributed by atoms with Crippen molar-refractivity contribution in [2.75, 3.05) is 20.1 Å². The minimum Gasteiger partial charge on any atom is -0.356 e. The molecule has 14 heavy (non-hydrogen) atoms. The zero-order chi connectivity index (χ0) is 10.8. The minimum absolute atomic E-state index is 0.184. The Morgan fingerprint density at radius 3 is 2.50 bits per heavy atom. The normalized spacial score (nSPS) is 10.6. The largest absolute Gasteiger partial charge is 0.356 e. The maximum absolute atomic E-state index is 11.2. The molecule has 0 saturated heterocycles. The molecular weight excluding hydrogens is 176 g/mol. The lowest BCUT2D eigenvalue weighted by molar-refractivity contribution is -0.121. The second-order valence-corrected chi connectivity index (χ2v) is 4.09. The third-order valence-corrected chi connectivity index (χ3v) is 2.11. The molecule has 0 aromatic heterocycles. The smallest absolute Gasteiger partial charge is 0.220 e. The highest BCUT2D eigenvalue weighted by Gasteiger charge is 1.99. The lowest BCUT2D eigenvalue weighted by Gasteiger charge is -2.06. The molecule has 0 bridgehead atoms. The van der Waals surface area contributed by atoms with Crippen LogP contribution in [0.4, 0.5) is 0 Å². The van der Waals surface area contributed by atoms with Gasteiger partial charge in [0.25, 0.3) is 0 Å². The van der Waals surface area contributed by atoms with E-state index in [1.807, 2.05) is 7.05 Å². The molecule has 0 aliphatic carbocycles. The van der Waals surface area contributed by atoms with E-state index in [-0.39, 0.29) is 5.91 Å². The van der Waals surface area contributed by atoms with Gasteiger partial charge in [0.2, 0.25) is 5.91 Å². The highest BCUT2D eigenvalue weighted by molar-refractivity contribution is 5.75. The molecule has 3 heteroatoms. The van der Waals surface area contributed by atoms with E-state index in [9.17, 15) is 4.79 Å². The quantitative estimate of drug-likeness (QED) is 0.584. The van der Waals surface area contributed by atoms with Gasteiger partial charge in [-0.25, -0.2) is 0 Å². The average Bonchev–Trinajstić information content (AvgIpc) is 2.13. The summed E-state index contributed by atoms with van der Waals surface area (Å²) in [6.07, 6.45) is 3.85. The van der Waals surface area contributed by atoms with Crippen molar-refractivity contribution in [2.45, 2.75) is 39.5 Å². The zero-order valence-electron chi connectivity index (χ0n) is 9.73. The SMILES string of the molecule is CNCCCC(=O)NCCCC(C)C. The summed E-state index contributed by atoms with van der Waals surface area (Å²) in [5.41, 5.74) is 0. The van der Waals surface area contributed by atoms with Gasteiger partial charge in [-0.05, 0) is 38.8 Å². The first-order chi connectivity index (χ1) is 6.66. The number of carbonyl (C=O) groups is 1. The van der Waals surface area contributed by atoms with E-state index in [0.717, 1.165) is 31.8 Å². The highest BCUT2D eigenvalue weighted by atomic mass is 16.1. The van der Waals surface area contributed by atoms with Crippen LogP contribution in [-0.2, 0) is 4.79 Å². The lowest BCUT2D eigenvalue weighted by Crippen LogP contribution is -2.25. The van der Waals surface area contributed by atoms with Crippen molar-refractivity contribution in [3.8, 4) is 0 Å². The molecular formula is C11H24N2O. The monoisotopic (exact) mass is 200 g/mol. The van der Waals surface area contributed by atoms with Gasteiger partial charge >= 0.3 is 0 Å². The molecule has 1 amide bonds. The van der Waals surface area contributed by atoms with Gasteiger partial charge in [-0.2, -0.15) is 0 Å². The van der Waals surface area contributed by atoms with E-state index in [1.165, 1.54) is 6.42 Å². The summed E-state index contributed by atoms with van der Waals surface area (Å²) in [6, 6.07) is 0. The summed E-state index contributed by atoms with van der Waals surface area (Å²) in [4.78, 5) is 11.2. The summed E-state index contributed by atoms with van der Waals surface area (Å²) in [5, 5.41) is 5.96. The van der Waals surface area contributed by atoms with Crippen LogP contribution in [0.1, 0.15) is 39.5 Å². The van der Waals surface area contributed by atoms with Crippen molar-refractivity contribution >= 4 is 5.91 Å². The Balaban J connectivity index is 3.18. The number of rotatable bonds is 8. The van der Waals surface area contributed by atoms with Gasteiger partial charge in [-0.15, -0.1) is 0 Å². The Morgan fingerprint density at radius 1 is 1.21 bits per heavy atom. The molecule has 84 valence electrons. The standard InChI is InChI=1S/C11H24N2O/c1-10(2)6-4-9-13-11(14)7-5-8-12-3/h10,12H,4-9H2,1-3H3,(H,13,14). The van der Waals surface area contributed by atoms with Crippen LogP contribution >= 0.6 is 0 Å². The van der Waals surface area contributed by atoms with Crippen molar-refractivity contribution in [1.82, 2.24) is 10.6 Å². The van der Waals surface area contributed by atoms with Crippen LogP contribution < -0.4 is 10.6 Å². The first-order valence-electron chi connectivity index (χ1n) is 5.58. The van der Waals surface area contributed by atoms with Gasteiger partial charge < -0.3 is 10.6 Å². The Labute approximate surface area is 87.6 Å². The fourth-order valence-electron chi connectivity index (χ4n) is 1.25. The topological polar surface area (TPSA) is 41.1 Å². The van der Waals surface area contributed by atoms with Gasteiger partial charge in [0.1, 0.15) is 0 Å². The van der Waals surface area contributed by atoms with Crippen molar-refractivity contribution in [3.05, 3.63) is 0 Å². The summed E-state index contributed by atoms with van der Waals surface area (Å²) >= 11 is 0. The first-order valence-corrected chi connectivity index (χ1v) is 5.58. The number of hydrogen-bond donors (Lipinski definition) is 2. The molecule has 0 aliphatic rings. The van der Waals surface area contributed by atoms with E-state index in [4.69, 9.17) is 0 Å². The van der Waals surface area contributed by atoms with Gasteiger partial charge in [-0.3, -0.25) is 4.79 Å². The van der Waals surface area contributed by atoms with E-state index < -0.39 is 0 Å². The molecule has 3 nitrogen and oxygen atoms in total. The van der Waals surface area contributed by atoms with Crippen molar-refractivity contribution in [1.29, 1.82) is 0 Å². The Kier molecular flexibility index (Phi) is 8.64. The van der Waals surface area contributed by atoms with Crippen molar-refractivity contribution in [2.24, 2.45) is 5.92 Å². The van der Waals surface area contributed by atoms with E-state index >= 15 is 0 Å². The molecule has 0 aromatic rings. The van der Waals surface area contributed by atoms with Crippen LogP contribution in [0.15, 0.2) is 0 Å². The van der Waals surface area contributed by atoms with Crippen LogP contribution in [0.2, 0.25) is 0 Å². The van der Waals surface area contributed by atoms with Gasteiger partial charge in [-0.1, -0.05) is 13.8 Å². The first kappa shape index (κ1) is 13.4. The molecule has 0 heterocycles. The van der Waals surface area contributed by atoms with E-state index in [2.05, 4.69) is 24.5 Å². The number of nitrogens with one attached hydrogen (secondary N) is 2. The molecule has 0 saturated carbocycles. The maximum Gasteiger partial charge on any atom is 0.220 e. The Morgan fingerprint density at radius 2 is 1.93 bits per heavy atom. The Bertz CT molecular complexity index is 146. The number of amides is 1. The van der Waals surface area contributed by atoms with Gasteiger partial charge in [0.15, 0.2) is 0 Å². The number of hydrogen-bond acceptors (Lipinski definition) is 2. The molecule has 0 radical (unpaired) electrons. The number of carbonyl (C=O) groups excluding carboxylic acids is 1. The summed E-state index contributed by atoms with van der Waals surface area (Å²) < 4.78 is 0. The molecule has 0 rings (SSSR count). The third kappa shape index (κ3) is 9.52. The summed E-state index contributed by atoms with van der Waals surface area (Å²) in [6.45, 7) is 6.15. The van der Waals surface area contributed by atoms with Crippen molar-refractivity contribution < 1.29 is 4.79 Å². The van der Waals surface area contributed by atoms with Crippen LogP contribution in [-0.4, -0.2) is 26.0 Å². The zero-order valence-corrected chi connectivity index (χ0v) is 9.73. The maximum atomic E-state index is 11.2. The van der Waals surface area contributed by atoms with Crippen LogP contribution in [0.3, 0.4) is 0 Å². The molecule has 0 unspecified atom stereocenters. The molecule has 0 fully saturated rings. The lowest BCUT2D eigenvalue weighted by atomic mass is 10.1. The predicted octanol–water partition coefficient (Wildman–Crippen LogP) is 1.54. The van der Waals surface area contributed by atoms with Crippen LogP contribution in [0.5, 0.6) is 0 Å². The molecule has 0 aromatic carbocycles. The van der Waals surface area contributed by atoms with E-state index in [1.54, 1.807) is 0 Å². The summed E-state index contributed by atoms with van der Waals surface area (Å²) in [5.74, 6) is 0.917. The second-order valence-electron chi connectivity index (χ2n) is 4.09. The van der Waals surface area contributed by atoms with Gasteiger partial charge in [0.05, 0.1) is 0 Å². The molecule has 0 atom stereocenters. The predicted molar refractivity (Wildman–Crippen MR) is 60.2 cm³/mol. The molecule has 2 N–H and O–H groups in total. The van der Waals surface area contributed by atoms with Crippen molar-refractivity contribution in [3.63, 3.8) is 0 Å². The van der Waals surface area contributed by atoms with Gasteiger partial charge in [0, 0.05) is 13.0 Å². The van der Waals surface area contributed by atoms with E-state index in [0.29, 0.717) is 6.42 Å². The highest BCUT2D eigenvalue weighted by Crippen LogP contribution is 2.01. The van der Waals surface area contributed by atoms with Crippen LogP contribution in [0.25, 0.3) is 0 Å². The summed E-state index contributed by atoms with van der Waals surface area (Å²) in [7, 11) is 1.90. The average molecular weight is 200 g/mol. The second kappa shape index (κ2) is 9.00. The Hall–Kier alpha value is -0.570. The molecule has 0 spiro atoms.